The Bertz CT molecular complexity index is 439. The minimum Gasteiger partial charge on any atom is -0.399 e. The predicted molar refractivity (Wildman–Crippen MR) is 73.3 cm³/mol. The summed E-state index contributed by atoms with van der Waals surface area (Å²) >= 11 is 1.56. The quantitative estimate of drug-likeness (QED) is 0.836. The Balaban J connectivity index is 2.31. The Kier molecular flexibility index (Phi) is 3.74. The van der Waals surface area contributed by atoms with Crippen molar-refractivity contribution in [2.45, 2.75) is 13.3 Å². The van der Waals surface area contributed by atoms with E-state index in [1.165, 1.54) is 0 Å². The summed E-state index contributed by atoms with van der Waals surface area (Å²) in [6.07, 6.45) is 0.961. The summed E-state index contributed by atoms with van der Waals surface area (Å²) in [5.74, 6) is 0.726. The number of nitrogen functional groups attached to an aromatic ring is 1. The number of thioether (sulfide) groups is 1. The minimum atomic E-state index is 0.186. The van der Waals surface area contributed by atoms with Gasteiger partial charge in [-0.2, -0.15) is 0 Å². The molecule has 1 aromatic carbocycles. The van der Waals surface area contributed by atoms with Gasteiger partial charge < -0.3 is 10.6 Å². The maximum atomic E-state index is 11.9. The number of benzene rings is 1. The fourth-order valence-electron chi connectivity index (χ4n) is 1.81. The van der Waals surface area contributed by atoms with Crippen LogP contribution in [0.1, 0.15) is 18.9 Å². The zero-order valence-corrected chi connectivity index (χ0v) is 10.7. The highest BCUT2D eigenvalue weighted by molar-refractivity contribution is 8.03. The maximum Gasteiger partial charge on any atom is 0.237 e. The van der Waals surface area contributed by atoms with Crippen molar-refractivity contribution in [1.29, 1.82) is 0 Å². The van der Waals surface area contributed by atoms with Crippen LogP contribution in [0.2, 0.25) is 0 Å². The molecule has 1 heterocycles. The van der Waals surface area contributed by atoms with Gasteiger partial charge >= 0.3 is 0 Å². The van der Waals surface area contributed by atoms with Crippen molar-refractivity contribution in [3.05, 3.63) is 35.2 Å². The van der Waals surface area contributed by atoms with Gasteiger partial charge in [0.15, 0.2) is 0 Å². The topological polar surface area (TPSA) is 46.3 Å². The van der Waals surface area contributed by atoms with Crippen LogP contribution in [0.4, 0.5) is 5.69 Å². The third-order valence-electron chi connectivity index (χ3n) is 2.65. The SMILES string of the molecule is CCCN1C(=O)CSC=C1c1ccc(N)cc1. The molecular formula is C13H16N2OS. The highest BCUT2D eigenvalue weighted by Gasteiger charge is 2.22. The van der Waals surface area contributed by atoms with Gasteiger partial charge in [0.25, 0.3) is 0 Å². The third-order valence-corrected chi connectivity index (χ3v) is 3.45. The van der Waals surface area contributed by atoms with Gasteiger partial charge in [0.2, 0.25) is 5.91 Å². The minimum absolute atomic E-state index is 0.186. The molecule has 0 bridgehead atoms. The van der Waals surface area contributed by atoms with E-state index in [0.717, 1.165) is 29.9 Å². The van der Waals surface area contributed by atoms with Crippen molar-refractivity contribution in [2.24, 2.45) is 0 Å². The molecule has 0 unspecified atom stereocenters. The lowest BCUT2D eigenvalue weighted by Gasteiger charge is -2.28. The van der Waals surface area contributed by atoms with E-state index in [4.69, 9.17) is 5.73 Å². The summed E-state index contributed by atoms with van der Waals surface area (Å²) in [4.78, 5) is 13.7. The second kappa shape index (κ2) is 5.27. The largest absolute Gasteiger partial charge is 0.399 e. The van der Waals surface area contributed by atoms with Gasteiger partial charge in [-0.05, 0) is 29.5 Å². The molecular weight excluding hydrogens is 232 g/mol. The number of hydrogen-bond acceptors (Lipinski definition) is 3. The third kappa shape index (κ3) is 2.64. The Morgan fingerprint density at radius 3 is 2.71 bits per heavy atom. The number of nitrogens with two attached hydrogens (primary N) is 1. The highest BCUT2D eigenvalue weighted by atomic mass is 32.2. The smallest absolute Gasteiger partial charge is 0.237 e. The molecule has 17 heavy (non-hydrogen) atoms. The Morgan fingerprint density at radius 2 is 2.06 bits per heavy atom. The van der Waals surface area contributed by atoms with Crippen molar-refractivity contribution in [2.75, 3.05) is 18.0 Å². The van der Waals surface area contributed by atoms with Gasteiger partial charge in [-0.15, -0.1) is 11.8 Å². The molecule has 0 fully saturated rings. The number of rotatable bonds is 3. The molecule has 3 nitrogen and oxygen atoms in total. The first kappa shape index (κ1) is 12.0. The summed E-state index contributed by atoms with van der Waals surface area (Å²) in [6, 6.07) is 7.65. The molecule has 0 saturated heterocycles. The van der Waals surface area contributed by atoms with Gasteiger partial charge in [-0.3, -0.25) is 4.79 Å². The van der Waals surface area contributed by atoms with Crippen LogP contribution < -0.4 is 5.73 Å². The molecule has 0 aromatic heterocycles. The second-order valence-corrected chi connectivity index (χ2v) is 4.84. The van der Waals surface area contributed by atoms with Crippen molar-refractivity contribution < 1.29 is 4.79 Å². The molecule has 4 heteroatoms. The first-order valence-corrected chi connectivity index (χ1v) is 6.75. The standard InChI is InChI=1S/C13H16N2OS/c1-2-7-15-12(8-17-9-13(15)16)10-3-5-11(14)6-4-10/h3-6,8H,2,7,9,14H2,1H3. The summed E-state index contributed by atoms with van der Waals surface area (Å²) in [7, 11) is 0. The van der Waals surface area contributed by atoms with Crippen LogP contribution in [0.25, 0.3) is 5.70 Å². The van der Waals surface area contributed by atoms with E-state index in [-0.39, 0.29) is 5.91 Å². The van der Waals surface area contributed by atoms with Crippen LogP contribution >= 0.6 is 11.8 Å². The normalized spacial score (nSPS) is 15.9. The van der Waals surface area contributed by atoms with Crippen LogP contribution in [0, 0.1) is 0 Å². The lowest BCUT2D eigenvalue weighted by atomic mass is 10.1. The molecule has 0 spiro atoms. The van der Waals surface area contributed by atoms with E-state index in [1.54, 1.807) is 11.8 Å². The van der Waals surface area contributed by atoms with Crippen LogP contribution in [0.15, 0.2) is 29.7 Å². The molecule has 1 aliphatic heterocycles. The van der Waals surface area contributed by atoms with Gasteiger partial charge in [0, 0.05) is 12.2 Å². The fourth-order valence-corrected chi connectivity index (χ4v) is 2.62. The van der Waals surface area contributed by atoms with Crippen LogP contribution in [0.3, 0.4) is 0 Å². The first-order valence-electron chi connectivity index (χ1n) is 5.70. The zero-order chi connectivity index (χ0) is 12.3. The molecule has 1 aliphatic rings. The molecule has 0 aliphatic carbocycles. The Hall–Kier alpha value is -1.42. The van der Waals surface area contributed by atoms with Crippen molar-refractivity contribution in [3.8, 4) is 0 Å². The van der Waals surface area contributed by atoms with Gasteiger partial charge in [-0.1, -0.05) is 19.1 Å². The van der Waals surface area contributed by atoms with E-state index in [0.29, 0.717) is 5.75 Å². The molecule has 2 rings (SSSR count). The first-order chi connectivity index (χ1) is 8.22. The summed E-state index contributed by atoms with van der Waals surface area (Å²) in [6.45, 7) is 2.85. The predicted octanol–water partition coefficient (Wildman–Crippen LogP) is 2.55. The fraction of sp³-hybridized carbons (Fsp3) is 0.308. The van der Waals surface area contributed by atoms with Crippen molar-refractivity contribution >= 4 is 29.1 Å². The summed E-state index contributed by atoms with van der Waals surface area (Å²) < 4.78 is 0. The zero-order valence-electron chi connectivity index (χ0n) is 9.85. The van der Waals surface area contributed by atoms with Crippen molar-refractivity contribution in [1.82, 2.24) is 4.90 Å². The second-order valence-electron chi connectivity index (χ2n) is 3.98. The number of carbonyl (C=O) groups excluding carboxylic acids is 1. The number of hydrogen-bond donors (Lipinski definition) is 1. The van der Waals surface area contributed by atoms with E-state index < -0.39 is 0 Å². The molecule has 0 atom stereocenters. The Morgan fingerprint density at radius 1 is 1.35 bits per heavy atom. The summed E-state index contributed by atoms with van der Waals surface area (Å²) in [5.41, 5.74) is 8.46. The lowest BCUT2D eigenvalue weighted by molar-refractivity contribution is -0.125. The number of anilines is 1. The van der Waals surface area contributed by atoms with E-state index in [9.17, 15) is 4.79 Å². The molecule has 90 valence electrons. The van der Waals surface area contributed by atoms with Crippen LogP contribution in [-0.2, 0) is 4.79 Å². The highest BCUT2D eigenvalue weighted by Crippen LogP contribution is 2.28. The Labute approximate surface area is 106 Å². The number of carbonyl (C=O) groups is 1. The number of nitrogens with zero attached hydrogens (tertiary/aromatic N) is 1. The molecule has 0 radical (unpaired) electrons. The average molecular weight is 248 g/mol. The van der Waals surface area contributed by atoms with Gasteiger partial charge in [0.05, 0.1) is 11.4 Å². The summed E-state index contributed by atoms with van der Waals surface area (Å²) in [5, 5.41) is 2.06. The van der Waals surface area contributed by atoms with Gasteiger partial charge in [-0.25, -0.2) is 0 Å². The number of amides is 1. The van der Waals surface area contributed by atoms with Crippen molar-refractivity contribution in [3.63, 3.8) is 0 Å². The molecule has 0 saturated carbocycles. The average Bonchev–Trinajstić information content (AvgIpc) is 2.33. The lowest BCUT2D eigenvalue weighted by Crippen LogP contribution is -2.33. The van der Waals surface area contributed by atoms with E-state index >= 15 is 0 Å². The maximum absolute atomic E-state index is 11.9. The molecule has 1 amide bonds. The van der Waals surface area contributed by atoms with Crippen LogP contribution in [0.5, 0.6) is 0 Å². The van der Waals surface area contributed by atoms with Gasteiger partial charge in [0.1, 0.15) is 0 Å². The molecule has 1 aromatic rings. The monoisotopic (exact) mass is 248 g/mol. The molecule has 2 N–H and O–H groups in total. The van der Waals surface area contributed by atoms with E-state index in [2.05, 4.69) is 12.3 Å². The van der Waals surface area contributed by atoms with E-state index in [1.807, 2.05) is 29.2 Å². The van der Waals surface area contributed by atoms with Crippen LogP contribution in [-0.4, -0.2) is 23.1 Å².